The zero-order chi connectivity index (χ0) is 11.0. The Labute approximate surface area is 94.2 Å². The van der Waals surface area contributed by atoms with Crippen LogP contribution in [0.5, 0.6) is 0 Å². The second-order valence-electron chi connectivity index (χ2n) is 4.80. The number of rotatable bonds is 5. The lowest BCUT2D eigenvalue weighted by Gasteiger charge is -2.26. The summed E-state index contributed by atoms with van der Waals surface area (Å²) in [4.78, 5) is 11.8. The molecule has 1 aromatic heterocycles. The van der Waals surface area contributed by atoms with Crippen molar-refractivity contribution in [2.45, 2.75) is 31.7 Å². The maximum atomic E-state index is 11.8. The molecule has 0 unspecified atom stereocenters. The van der Waals surface area contributed by atoms with Gasteiger partial charge in [0.05, 0.1) is 12.2 Å². The molecule has 1 aromatic rings. The number of carbonyl (C=O) groups excluding carboxylic acids is 1. The average Bonchev–Trinajstić information content (AvgIpc) is 2.91. The molecule has 1 saturated heterocycles. The van der Waals surface area contributed by atoms with Gasteiger partial charge in [0.1, 0.15) is 5.69 Å². The van der Waals surface area contributed by atoms with Gasteiger partial charge in [0, 0.05) is 19.5 Å². The van der Waals surface area contributed by atoms with Crippen LogP contribution in [-0.2, 0) is 0 Å². The summed E-state index contributed by atoms with van der Waals surface area (Å²) < 4.78 is 1.81. The van der Waals surface area contributed by atoms with Gasteiger partial charge in [-0.15, -0.1) is 5.10 Å². The molecular formula is C11H16N4O. The molecular weight excluding hydrogens is 204 g/mol. The zero-order valence-electron chi connectivity index (χ0n) is 9.22. The van der Waals surface area contributed by atoms with Crippen molar-refractivity contribution in [3.63, 3.8) is 0 Å². The molecule has 2 aliphatic rings. The van der Waals surface area contributed by atoms with Crippen LogP contribution in [0.2, 0.25) is 0 Å². The topological polar surface area (TPSA) is 59.8 Å². The summed E-state index contributed by atoms with van der Waals surface area (Å²) in [7, 11) is 0. The van der Waals surface area contributed by atoms with Crippen molar-refractivity contribution in [3.05, 3.63) is 11.9 Å². The molecule has 0 radical (unpaired) electrons. The van der Waals surface area contributed by atoms with E-state index in [1.807, 2.05) is 0 Å². The summed E-state index contributed by atoms with van der Waals surface area (Å²) >= 11 is 0. The molecule has 3 rings (SSSR count). The van der Waals surface area contributed by atoms with Crippen molar-refractivity contribution >= 4 is 5.78 Å². The molecule has 0 aromatic carbocycles. The zero-order valence-corrected chi connectivity index (χ0v) is 9.22. The molecule has 2 fully saturated rings. The largest absolute Gasteiger partial charge is 0.312 e. The summed E-state index contributed by atoms with van der Waals surface area (Å²) in [5.74, 6) is 0.945. The van der Waals surface area contributed by atoms with Crippen molar-refractivity contribution < 1.29 is 4.79 Å². The van der Waals surface area contributed by atoms with Crippen LogP contribution < -0.4 is 5.32 Å². The highest BCUT2D eigenvalue weighted by atomic mass is 16.1. The van der Waals surface area contributed by atoms with E-state index < -0.39 is 0 Å². The molecule has 0 amide bonds. The maximum Gasteiger partial charge on any atom is 0.184 e. The predicted molar refractivity (Wildman–Crippen MR) is 58.2 cm³/mol. The molecule has 0 atom stereocenters. The van der Waals surface area contributed by atoms with E-state index in [1.54, 1.807) is 10.9 Å². The van der Waals surface area contributed by atoms with Crippen LogP contribution in [0, 0.1) is 5.92 Å². The molecule has 86 valence electrons. The van der Waals surface area contributed by atoms with E-state index in [2.05, 4.69) is 15.6 Å². The van der Waals surface area contributed by atoms with Gasteiger partial charge in [-0.2, -0.15) is 0 Å². The van der Waals surface area contributed by atoms with Crippen molar-refractivity contribution in [2.75, 3.05) is 13.1 Å². The molecule has 1 aliphatic carbocycles. The fraction of sp³-hybridized carbons (Fsp3) is 0.727. The summed E-state index contributed by atoms with van der Waals surface area (Å²) in [5.41, 5.74) is 0.535. The smallest absolute Gasteiger partial charge is 0.184 e. The number of aromatic nitrogens is 3. The molecule has 5 heteroatoms. The van der Waals surface area contributed by atoms with Crippen LogP contribution in [0.1, 0.15) is 42.2 Å². The van der Waals surface area contributed by atoms with Crippen molar-refractivity contribution in [2.24, 2.45) is 5.92 Å². The summed E-state index contributed by atoms with van der Waals surface area (Å²) in [6.45, 7) is 1.86. The van der Waals surface area contributed by atoms with Crippen molar-refractivity contribution in [1.82, 2.24) is 20.3 Å². The van der Waals surface area contributed by atoms with Gasteiger partial charge in [-0.3, -0.25) is 4.79 Å². The van der Waals surface area contributed by atoms with Gasteiger partial charge < -0.3 is 5.32 Å². The van der Waals surface area contributed by atoms with Crippen molar-refractivity contribution in [3.8, 4) is 0 Å². The fourth-order valence-corrected chi connectivity index (χ4v) is 1.91. The third-order valence-corrected chi connectivity index (χ3v) is 3.41. The van der Waals surface area contributed by atoms with Gasteiger partial charge in [0.2, 0.25) is 0 Å². The molecule has 16 heavy (non-hydrogen) atoms. The lowest BCUT2D eigenvalue weighted by molar-refractivity contribution is 0.0973. The van der Waals surface area contributed by atoms with Crippen molar-refractivity contribution in [1.29, 1.82) is 0 Å². The first-order valence-electron chi connectivity index (χ1n) is 5.98. The molecule has 5 nitrogen and oxygen atoms in total. The highest BCUT2D eigenvalue weighted by Gasteiger charge is 2.24. The number of nitrogens with zero attached hydrogens (tertiary/aromatic N) is 3. The third kappa shape index (κ3) is 2.00. The number of ketones is 1. The predicted octanol–water partition coefficient (Wildman–Crippen LogP) is 0.795. The first kappa shape index (κ1) is 9.96. The van der Waals surface area contributed by atoms with Crippen LogP contribution in [-0.4, -0.2) is 33.9 Å². The van der Waals surface area contributed by atoms with Gasteiger partial charge in [0.25, 0.3) is 0 Å². The third-order valence-electron chi connectivity index (χ3n) is 3.41. The van der Waals surface area contributed by atoms with E-state index in [1.165, 1.54) is 12.8 Å². The summed E-state index contributed by atoms with van der Waals surface area (Å²) in [6, 6.07) is 0.387. The van der Waals surface area contributed by atoms with Gasteiger partial charge in [-0.25, -0.2) is 4.68 Å². The minimum atomic E-state index is 0.144. The number of hydrogen-bond donors (Lipinski definition) is 1. The standard InChI is InChI=1S/C11H16N4O/c16-11(4-3-8-1-2-8)10-7-15(14-13-10)9-5-12-6-9/h7-9,12H,1-6H2. The molecule has 1 N–H and O–H groups in total. The first-order valence-corrected chi connectivity index (χ1v) is 5.98. The van der Waals surface area contributed by atoms with Crippen LogP contribution in [0.3, 0.4) is 0 Å². The fourth-order valence-electron chi connectivity index (χ4n) is 1.91. The van der Waals surface area contributed by atoms with Gasteiger partial charge in [-0.1, -0.05) is 18.1 Å². The second kappa shape index (κ2) is 3.97. The summed E-state index contributed by atoms with van der Waals surface area (Å²) in [5, 5.41) is 11.1. The Morgan fingerprint density at radius 1 is 1.50 bits per heavy atom. The molecule has 0 bridgehead atoms. The number of carbonyl (C=O) groups is 1. The van der Waals surface area contributed by atoms with Gasteiger partial charge >= 0.3 is 0 Å². The quantitative estimate of drug-likeness (QED) is 0.745. The second-order valence-corrected chi connectivity index (χ2v) is 4.80. The first-order chi connectivity index (χ1) is 7.83. The average molecular weight is 220 g/mol. The molecule has 2 heterocycles. The van der Waals surface area contributed by atoms with Crippen LogP contribution in [0.15, 0.2) is 6.20 Å². The number of hydrogen-bond acceptors (Lipinski definition) is 4. The van der Waals surface area contributed by atoms with E-state index in [0.717, 1.165) is 25.4 Å². The van der Waals surface area contributed by atoms with E-state index in [0.29, 0.717) is 18.2 Å². The SMILES string of the molecule is O=C(CCC1CC1)c1cn(C2CNC2)nn1. The maximum absolute atomic E-state index is 11.8. The lowest BCUT2D eigenvalue weighted by atomic mass is 10.1. The highest BCUT2D eigenvalue weighted by molar-refractivity contribution is 5.93. The van der Waals surface area contributed by atoms with Gasteiger partial charge in [0.15, 0.2) is 5.78 Å². The molecule has 1 saturated carbocycles. The Bertz CT molecular complexity index is 392. The summed E-state index contributed by atoms with van der Waals surface area (Å²) in [6.07, 6.45) is 6.05. The lowest BCUT2D eigenvalue weighted by Crippen LogP contribution is -2.43. The highest BCUT2D eigenvalue weighted by Crippen LogP contribution is 2.33. The van der Waals surface area contributed by atoms with E-state index in [-0.39, 0.29) is 5.78 Å². The Hall–Kier alpha value is -1.23. The van der Waals surface area contributed by atoms with E-state index in [4.69, 9.17) is 0 Å². The Morgan fingerprint density at radius 3 is 2.94 bits per heavy atom. The normalized spacial score (nSPS) is 20.8. The van der Waals surface area contributed by atoms with E-state index >= 15 is 0 Å². The molecule has 1 aliphatic heterocycles. The van der Waals surface area contributed by atoms with E-state index in [9.17, 15) is 4.79 Å². The number of nitrogens with one attached hydrogen (secondary N) is 1. The van der Waals surface area contributed by atoms with Gasteiger partial charge in [-0.05, 0) is 12.3 Å². The van der Waals surface area contributed by atoms with Crippen LogP contribution >= 0.6 is 0 Å². The number of Topliss-reactive ketones (excluding diaryl/α,β-unsaturated/α-hetero) is 1. The Morgan fingerprint density at radius 2 is 2.31 bits per heavy atom. The van der Waals surface area contributed by atoms with Crippen LogP contribution in [0.25, 0.3) is 0 Å². The Balaban J connectivity index is 1.59. The van der Waals surface area contributed by atoms with Crippen LogP contribution in [0.4, 0.5) is 0 Å². The monoisotopic (exact) mass is 220 g/mol. The minimum absolute atomic E-state index is 0.144. The molecule has 0 spiro atoms. The Kier molecular flexibility index (Phi) is 2.47. The minimum Gasteiger partial charge on any atom is -0.312 e.